The van der Waals surface area contributed by atoms with E-state index in [0.29, 0.717) is 24.7 Å². The molecule has 3 heterocycles. The fourth-order valence-corrected chi connectivity index (χ4v) is 3.39. The van der Waals surface area contributed by atoms with Crippen LogP contribution in [0.5, 0.6) is 0 Å². The number of rotatable bonds is 4. The Morgan fingerprint density at radius 3 is 2.88 bits per heavy atom. The molecule has 1 fully saturated rings. The zero-order valence-corrected chi connectivity index (χ0v) is 14.4. The number of hydrogen-bond acceptors (Lipinski definition) is 5. The van der Waals surface area contributed by atoms with Crippen molar-refractivity contribution in [3.63, 3.8) is 0 Å². The van der Waals surface area contributed by atoms with Gasteiger partial charge in [0.15, 0.2) is 5.82 Å². The van der Waals surface area contributed by atoms with Crippen LogP contribution < -0.4 is 4.90 Å². The van der Waals surface area contributed by atoms with E-state index in [1.807, 2.05) is 41.2 Å². The van der Waals surface area contributed by atoms with Crippen molar-refractivity contribution in [3.8, 4) is 5.69 Å². The zero-order chi connectivity index (χ0) is 17.2. The Morgan fingerprint density at radius 1 is 1.24 bits per heavy atom. The third-order valence-corrected chi connectivity index (χ3v) is 4.75. The lowest BCUT2D eigenvalue weighted by Crippen LogP contribution is -2.46. The first-order chi connectivity index (χ1) is 12.3. The average molecular weight is 359 g/mol. The second-order valence-electron chi connectivity index (χ2n) is 6.04. The van der Waals surface area contributed by atoms with Crippen LogP contribution in [0.3, 0.4) is 0 Å². The summed E-state index contributed by atoms with van der Waals surface area (Å²) >= 11 is 6.01. The lowest BCUT2D eigenvalue weighted by Gasteiger charge is -2.35. The molecule has 3 aromatic rings. The van der Waals surface area contributed by atoms with Crippen LogP contribution >= 0.6 is 11.6 Å². The van der Waals surface area contributed by atoms with Crippen LogP contribution in [0.1, 0.15) is 6.42 Å². The molecule has 1 unspecified atom stereocenters. The molecule has 25 heavy (non-hydrogen) atoms. The molecule has 0 amide bonds. The smallest absolute Gasteiger partial charge is 0.159 e. The molecule has 6 nitrogen and oxygen atoms in total. The third-order valence-electron chi connectivity index (χ3n) is 4.50. The number of benzene rings is 1. The van der Waals surface area contributed by atoms with Crippen LogP contribution in [0, 0.1) is 0 Å². The summed E-state index contributed by atoms with van der Waals surface area (Å²) in [5, 5.41) is 16.0. The first kappa shape index (κ1) is 16.3. The molecule has 4 rings (SSSR count). The maximum Gasteiger partial charge on any atom is 0.159 e. The van der Waals surface area contributed by atoms with Gasteiger partial charge in [-0.25, -0.2) is 4.68 Å². The fourth-order valence-electron chi connectivity index (χ4n) is 3.26. The van der Waals surface area contributed by atoms with E-state index in [0.717, 1.165) is 29.0 Å². The van der Waals surface area contributed by atoms with Gasteiger partial charge in [0.2, 0.25) is 0 Å². The van der Waals surface area contributed by atoms with Gasteiger partial charge in [-0.2, -0.15) is 0 Å². The van der Waals surface area contributed by atoms with Gasteiger partial charge in [-0.3, -0.25) is 4.98 Å². The van der Waals surface area contributed by atoms with Crippen molar-refractivity contribution >= 4 is 28.3 Å². The number of pyridine rings is 1. The Hall–Kier alpha value is -2.15. The minimum atomic E-state index is 0.115. The highest BCUT2D eigenvalue weighted by Crippen LogP contribution is 2.30. The van der Waals surface area contributed by atoms with Crippen LogP contribution in [-0.2, 0) is 4.74 Å². The van der Waals surface area contributed by atoms with E-state index in [1.54, 1.807) is 6.20 Å². The molecule has 0 saturated carbocycles. The molecule has 0 radical (unpaired) electrons. The molecule has 0 aliphatic carbocycles. The predicted octanol–water partition coefficient (Wildman–Crippen LogP) is 2.66. The molecule has 1 saturated heterocycles. The van der Waals surface area contributed by atoms with Crippen LogP contribution in [0.15, 0.2) is 42.7 Å². The number of fused-ring (bicyclic) bond motifs is 1. The van der Waals surface area contributed by atoms with Crippen molar-refractivity contribution in [3.05, 3.63) is 47.7 Å². The molecule has 0 bridgehead atoms. The van der Waals surface area contributed by atoms with Gasteiger partial charge in [0, 0.05) is 29.8 Å². The van der Waals surface area contributed by atoms with Gasteiger partial charge in [0.25, 0.3) is 0 Å². The van der Waals surface area contributed by atoms with E-state index in [1.165, 1.54) is 0 Å². The SMILES string of the molecule is OCCC1COCCN1c1nn(-c2ccc(Cl)cc2)c2cnccc12. The van der Waals surface area contributed by atoms with E-state index in [4.69, 9.17) is 21.4 Å². The van der Waals surface area contributed by atoms with Crippen molar-refractivity contribution in [1.29, 1.82) is 0 Å². The molecular formula is C18H19ClN4O2. The molecule has 2 aromatic heterocycles. The van der Waals surface area contributed by atoms with Crippen molar-refractivity contribution < 1.29 is 9.84 Å². The predicted molar refractivity (Wildman–Crippen MR) is 97.5 cm³/mol. The standard InChI is InChI=1S/C18H19ClN4O2/c19-13-1-3-14(4-2-13)23-17-11-20-7-5-16(17)18(21-23)22-8-10-25-12-15(22)6-9-24/h1-5,7,11,15,24H,6,8-10,12H2. The Bertz CT molecular complexity index is 863. The zero-order valence-electron chi connectivity index (χ0n) is 13.7. The Morgan fingerprint density at radius 2 is 2.08 bits per heavy atom. The summed E-state index contributed by atoms with van der Waals surface area (Å²) in [6.07, 6.45) is 4.25. The minimum absolute atomic E-state index is 0.115. The highest BCUT2D eigenvalue weighted by molar-refractivity contribution is 6.30. The first-order valence-electron chi connectivity index (χ1n) is 8.32. The number of anilines is 1. The van der Waals surface area contributed by atoms with Gasteiger partial charge in [0.05, 0.1) is 36.7 Å². The molecule has 1 N–H and O–H groups in total. The summed E-state index contributed by atoms with van der Waals surface area (Å²) in [4.78, 5) is 6.49. The van der Waals surface area contributed by atoms with Crippen molar-refractivity contribution in [1.82, 2.24) is 14.8 Å². The van der Waals surface area contributed by atoms with E-state index in [-0.39, 0.29) is 12.6 Å². The van der Waals surface area contributed by atoms with Crippen molar-refractivity contribution in [2.24, 2.45) is 0 Å². The summed E-state index contributed by atoms with van der Waals surface area (Å²) in [6.45, 7) is 2.13. The maximum atomic E-state index is 9.38. The summed E-state index contributed by atoms with van der Waals surface area (Å²) in [5.41, 5.74) is 1.87. The molecule has 0 spiro atoms. The molecular weight excluding hydrogens is 340 g/mol. The van der Waals surface area contributed by atoms with E-state index >= 15 is 0 Å². The Balaban J connectivity index is 1.83. The molecule has 1 aromatic carbocycles. The van der Waals surface area contributed by atoms with Crippen molar-refractivity contribution in [2.45, 2.75) is 12.5 Å². The molecule has 1 aliphatic rings. The molecule has 1 atom stereocenters. The van der Waals surface area contributed by atoms with Crippen molar-refractivity contribution in [2.75, 3.05) is 31.3 Å². The lowest BCUT2D eigenvalue weighted by atomic mass is 10.1. The van der Waals surface area contributed by atoms with Gasteiger partial charge < -0.3 is 14.7 Å². The van der Waals surface area contributed by atoms with Gasteiger partial charge in [-0.05, 0) is 36.8 Å². The normalized spacial score (nSPS) is 18.0. The second kappa shape index (κ2) is 7.00. The minimum Gasteiger partial charge on any atom is -0.396 e. The van der Waals surface area contributed by atoms with Gasteiger partial charge in [-0.15, -0.1) is 5.10 Å². The molecule has 130 valence electrons. The summed E-state index contributed by atoms with van der Waals surface area (Å²) in [6, 6.07) is 9.68. The third kappa shape index (κ3) is 3.08. The van der Waals surface area contributed by atoms with Crippen LogP contribution in [0.25, 0.3) is 16.6 Å². The Kier molecular flexibility index (Phi) is 4.57. The van der Waals surface area contributed by atoms with Gasteiger partial charge in [-0.1, -0.05) is 11.6 Å². The number of halogens is 1. The quantitative estimate of drug-likeness (QED) is 0.776. The number of aliphatic hydroxyl groups excluding tert-OH is 1. The van der Waals surface area contributed by atoms with Gasteiger partial charge >= 0.3 is 0 Å². The number of morpholine rings is 1. The average Bonchev–Trinajstić information content (AvgIpc) is 3.03. The van der Waals surface area contributed by atoms with E-state index < -0.39 is 0 Å². The summed E-state index contributed by atoms with van der Waals surface area (Å²) in [7, 11) is 0. The molecule has 7 heteroatoms. The van der Waals surface area contributed by atoms with E-state index in [2.05, 4.69) is 9.88 Å². The Labute approximate surface area is 150 Å². The highest BCUT2D eigenvalue weighted by atomic mass is 35.5. The van der Waals surface area contributed by atoms with Gasteiger partial charge in [0.1, 0.15) is 0 Å². The molecule has 1 aliphatic heterocycles. The lowest BCUT2D eigenvalue weighted by molar-refractivity contribution is 0.0847. The first-order valence-corrected chi connectivity index (χ1v) is 8.69. The number of aromatic nitrogens is 3. The maximum absolute atomic E-state index is 9.38. The topological polar surface area (TPSA) is 63.4 Å². The van der Waals surface area contributed by atoms with Crippen LogP contribution in [0.2, 0.25) is 5.02 Å². The van der Waals surface area contributed by atoms with Crippen LogP contribution in [0.4, 0.5) is 5.82 Å². The van der Waals surface area contributed by atoms with Crippen LogP contribution in [-0.4, -0.2) is 52.3 Å². The summed E-state index contributed by atoms with van der Waals surface area (Å²) in [5.74, 6) is 0.897. The number of hydrogen-bond donors (Lipinski definition) is 1. The number of ether oxygens (including phenoxy) is 1. The fraction of sp³-hybridized carbons (Fsp3) is 0.333. The monoisotopic (exact) mass is 358 g/mol. The largest absolute Gasteiger partial charge is 0.396 e. The number of nitrogens with zero attached hydrogens (tertiary/aromatic N) is 4. The van der Waals surface area contributed by atoms with E-state index in [9.17, 15) is 5.11 Å². The highest BCUT2D eigenvalue weighted by Gasteiger charge is 2.27. The number of aliphatic hydroxyl groups is 1. The second-order valence-corrected chi connectivity index (χ2v) is 6.48. The summed E-state index contributed by atoms with van der Waals surface area (Å²) < 4.78 is 7.48.